The van der Waals surface area contributed by atoms with E-state index in [9.17, 15) is 9.59 Å². The van der Waals surface area contributed by atoms with Gasteiger partial charge in [-0.3, -0.25) is 9.59 Å². The molecule has 4 rings (SSSR count). The van der Waals surface area contributed by atoms with E-state index in [1.165, 1.54) is 17.3 Å². The largest absolute Gasteiger partial charge is 0.416 e. The van der Waals surface area contributed by atoms with Gasteiger partial charge in [-0.2, -0.15) is 0 Å². The summed E-state index contributed by atoms with van der Waals surface area (Å²) in [7, 11) is 0. The number of aromatic nitrogens is 2. The summed E-state index contributed by atoms with van der Waals surface area (Å²) in [5.74, 6) is 0.330. The van der Waals surface area contributed by atoms with E-state index in [1.54, 1.807) is 4.90 Å². The van der Waals surface area contributed by atoms with Gasteiger partial charge in [-0.1, -0.05) is 35.5 Å². The summed E-state index contributed by atoms with van der Waals surface area (Å²) in [4.78, 5) is 26.4. The number of amides is 2. The van der Waals surface area contributed by atoms with Crippen molar-refractivity contribution >= 4 is 35.0 Å². The molecule has 1 fully saturated rings. The van der Waals surface area contributed by atoms with Gasteiger partial charge in [0, 0.05) is 24.3 Å². The number of carbonyl (C=O) groups excluding carboxylic acids is 2. The molecule has 31 heavy (non-hydrogen) atoms. The van der Waals surface area contributed by atoms with Crippen molar-refractivity contribution in [1.29, 1.82) is 0 Å². The lowest BCUT2D eigenvalue weighted by Gasteiger charge is -2.16. The molecule has 0 aliphatic carbocycles. The quantitative estimate of drug-likeness (QED) is 0.581. The van der Waals surface area contributed by atoms with Gasteiger partial charge in [0.2, 0.25) is 17.7 Å². The third-order valence-corrected chi connectivity index (χ3v) is 6.18. The van der Waals surface area contributed by atoms with Crippen LogP contribution < -0.4 is 10.2 Å². The standard InChI is InChI=1S/C23H24N4O3S/c1-14-4-8-19(9-5-14)27-12-17(11-21(27)29)22-25-26-23(30-22)31-13-20(28)24-18-7-6-15(2)16(3)10-18/h4-10,17H,11-13H2,1-3H3,(H,24,28)/t17-/m0/s1. The van der Waals surface area contributed by atoms with Crippen LogP contribution in [-0.4, -0.2) is 34.3 Å². The minimum Gasteiger partial charge on any atom is -0.416 e. The van der Waals surface area contributed by atoms with Gasteiger partial charge in [-0.25, -0.2) is 0 Å². The van der Waals surface area contributed by atoms with Crippen LogP contribution in [0.25, 0.3) is 0 Å². The van der Waals surface area contributed by atoms with E-state index in [-0.39, 0.29) is 23.5 Å². The van der Waals surface area contributed by atoms with Crippen molar-refractivity contribution < 1.29 is 14.0 Å². The van der Waals surface area contributed by atoms with Crippen LogP contribution in [0.3, 0.4) is 0 Å². The highest BCUT2D eigenvalue weighted by molar-refractivity contribution is 7.99. The summed E-state index contributed by atoms with van der Waals surface area (Å²) in [6, 6.07) is 13.7. The molecule has 1 aliphatic heterocycles. The lowest BCUT2D eigenvalue weighted by atomic mass is 10.1. The Morgan fingerprint density at radius 2 is 1.90 bits per heavy atom. The van der Waals surface area contributed by atoms with Crippen molar-refractivity contribution in [3.63, 3.8) is 0 Å². The summed E-state index contributed by atoms with van der Waals surface area (Å²) >= 11 is 1.18. The van der Waals surface area contributed by atoms with E-state index in [0.717, 1.165) is 22.5 Å². The molecule has 8 heteroatoms. The number of hydrogen-bond acceptors (Lipinski definition) is 6. The summed E-state index contributed by atoms with van der Waals surface area (Å²) in [5, 5.41) is 11.3. The van der Waals surface area contributed by atoms with Gasteiger partial charge >= 0.3 is 0 Å². The highest BCUT2D eigenvalue weighted by Gasteiger charge is 2.35. The zero-order valence-electron chi connectivity index (χ0n) is 17.7. The van der Waals surface area contributed by atoms with E-state index >= 15 is 0 Å². The Hall–Kier alpha value is -3.13. The molecule has 0 spiro atoms. The number of nitrogens with one attached hydrogen (secondary N) is 1. The summed E-state index contributed by atoms with van der Waals surface area (Å²) < 4.78 is 5.74. The Labute approximate surface area is 185 Å². The zero-order chi connectivity index (χ0) is 22.0. The van der Waals surface area contributed by atoms with Gasteiger partial charge in [0.1, 0.15) is 0 Å². The second-order valence-electron chi connectivity index (χ2n) is 7.78. The smallest absolute Gasteiger partial charge is 0.277 e. The third kappa shape index (κ3) is 4.96. The first-order valence-electron chi connectivity index (χ1n) is 10.1. The van der Waals surface area contributed by atoms with Gasteiger partial charge in [0.05, 0.1) is 11.7 Å². The molecular formula is C23H24N4O3S. The summed E-state index contributed by atoms with van der Waals surface area (Å²) in [6.07, 6.45) is 0.327. The third-order valence-electron chi connectivity index (χ3n) is 5.36. The van der Waals surface area contributed by atoms with Crippen molar-refractivity contribution in [3.8, 4) is 0 Å². The number of anilines is 2. The molecule has 0 unspecified atom stereocenters. The number of aryl methyl sites for hydroxylation is 3. The van der Waals surface area contributed by atoms with Gasteiger partial charge in [-0.05, 0) is 56.2 Å². The Morgan fingerprint density at radius 3 is 2.65 bits per heavy atom. The Bertz CT molecular complexity index is 1110. The number of benzene rings is 2. The van der Waals surface area contributed by atoms with E-state index in [2.05, 4.69) is 15.5 Å². The second kappa shape index (κ2) is 8.93. The van der Waals surface area contributed by atoms with Crippen molar-refractivity contribution in [2.24, 2.45) is 0 Å². The monoisotopic (exact) mass is 436 g/mol. The number of hydrogen-bond donors (Lipinski definition) is 1. The Morgan fingerprint density at radius 1 is 1.13 bits per heavy atom. The van der Waals surface area contributed by atoms with Crippen molar-refractivity contribution in [2.75, 3.05) is 22.5 Å². The minimum atomic E-state index is -0.153. The maximum absolute atomic E-state index is 12.5. The number of nitrogens with zero attached hydrogens (tertiary/aromatic N) is 3. The molecule has 0 saturated carbocycles. The number of thioether (sulfide) groups is 1. The molecule has 1 N–H and O–H groups in total. The lowest BCUT2D eigenvalue weighted by molar-refractivity contribution is -0.117. The molecule has 0 bridgehead atoms. The lowest BCUT2D eigenvalue weighted by Crippen LogP contribution is -2.24. The maximum Gasteiger partial charge on any atom is 0.277 e. The molecule has 2 heterocycles. The van der Waals surface area contributed by atoms with E-state index < -0.39 is 0 Å². The molecule has 2 aromatic carbocycles. The highest BCUT2D eigenvalue weighted by atomic mass is 32.2. The van der Waals surface area contributed by atoms with Crippen LogP contribution in [0.5, 0.6) is 0 Å². The van der Waals surface area contributed by atoms with E-state index in [0.29, 0.717) is 24.1 Å². The minimum absolute atomic E-state index is 0.0361. The maximum atomic E-state index is 12.5. The first-order valence-corrected chi connectivity index (χ1v) is 11.1. The van der Waals surface area contributed by atoms with Gasteiger partial charge < -0.3 is 14.6 Å². The molecular weight excluding hydrogens is 412 g/mol. The van der Waals surface area contributed by atoms with Crippen molar-refractivity contribution in [3.05, 3.63) is 65.0 Å². The summed E-state index contributed by atoms with van der Waals surface area (Å²) in [6.45, 7) is 6.55. The Balaban J connectivity index is 1.33. The van der Waals surface area contributed by atoms with Gasteiger partial charge in [0.25, 0.3) is 5.22 Å². The second-order valence-corrected chi connectivity index (χ2v) is 8.71. The normalized spacial score (nSPS) is 16.0. The molecule has 7 nitrogen and oxygen atoms in total. The van der Waals surface area contributed by atoms with Crippen LogP contribution >= 0.6 is 11.8 Å². The molecule has 160 valence electrons. The van der Waals surface area contributed by atoms with E-state index in [4.69, 9.17) is 4.42 Å². The van der Waals surface area contributed by atoms with E-state index in [1.807, 2.05) is 63.2 Å². The van der Waals surface area contributed by atoms with Crippen LogP contribution in [0, 0.1) is 20.8 Å². The first-order chi connectivity index (χ1) is 14.9. The fraction of sp³-hybridized carbons (Fsp3) is 0.304. The SMILES string of the molecule is Cc1ccc(N2C[C@@H](c3nnc(SCC(=O)Nc4ccc(C)c(C)c4)o3)CC2=O)cc1. The molecule has 1 aromatic heterocycles. The van der Waals surface area contributed by atoms with Crippen LogP contribution in [0.1, 0.15) is 34.9 Å². The fourth-order valence-corrected chi connectivity index (χ4v) is 4.00. The fourth-order valence-electron chi connectivity index (χ4n) is 3.43. The predicted molar refractivity (Wildman–Crippen MR) is 120 cm³/mol. The summed E-state index contributed by atoms with van der Waals surface area (Å²) in [5.41, 5.74) is 5.08. The van der Waals surface area contributed by atoms with Crippen LogP contribution in [0.2, 0.25) is 0 Å². The molecule has 1 saturated heterocycles. The average molecular weight is 437 g/mol. The van der Waals surface area contributed by atoms with Gasteiger partial charge in [-0.15, -0.1) is 10.2 Å². The molecule has 1 aliphatic rings. The molecule has 1 atom stereocenters. The van der Waals surface area contributed by atoms with Gasteiger partial charge in [0.15, 0.2) is 0 Å². The molecule has 3 aromatic rings. The van der Waals surface area contributed by atoms with Crippen LogP contribution in [-0.2, 0) is 9.59 Å². The van der Waals surface area contributed by atoms with Crippen LogP contribution in [0.4, 0.5) is 11.4 Å². The molecule has 2 amide bonds. The van der Waals surface area contributed by atoms with Crippen LogP contribution in [0.15, 0.2) is 52.1 Å². The molecule has 0 radical (unpaired) electrons. The average Bonchev–Trinajstić information content (AvgIpc) is 3.37. The number of rotatable bonds is 6. The van der Waals surface area contributed by atoms with Crippen molar-refractivity contribution in [1.82, 2.24) is 10.2 Å². The van der Waals surface area contributed by atoms with Crippen molar-refractivity contribution in [2.45, 2.75) is 38.3 Å². The predicted octanol–water partition coefficient (Wildman–Crippen LogP) is 4.25. The highest BCUT2D eigenvalue weighted by Crippen LogP contribution is 2.32. The topological polar surface area (TPSA) is 88.3 Å². The zero-order valence-corrected chi connectivity index (χ0v) is 18.5. The number of carbonyl (C=O) groups is 2. The first kappa shape index (κ1) is 21.1. The Kier molecular flexibility index (Phi) is 6.08.